The normalized spacial score (nSPS) is 11.7. The van der Waals surface area contributed by atoms with Crippen LogP contribution in [0.15, 0.2) is 48.5 Å². The maximum absolute atomic E-state index is 13.3. The van der Waals surface area contributed by atoms with Gasteiger partial charge in [-0.3, -0.25) is 9.59 Å². The predicted octanol–water partition coefficient (Wildman–Crippen LogP) is 4.29. The highest BCUT2D eigenvalue weighted by Crippen LogP contribution is 2.31. The van der Waals surface area contributed by atoms with E-state index in [0.717, 1.165) is 4.57 Å². The number of hydrogen-bond donors (Lipinski definition) is 2. The van der Waals surface area contributed by atoms with Crippen LogP contribution in [-0.2, 0) is 22.3 Å². The van der Waals surface area contributed by atoms with E-state index in [1.165, 1.54) is 12.1 Å². The van der Waals surface area contributed by atoms with Crippen LogP contribution in [0.1, 0.15) is 19.7 Å². The van der Waals surface area contributed by atoms with E-state index in [1.807, 2.05) is 0 Å². The van der Waals surface area contributed by atoms with Crippen LogP contribution in [0.4, 0.5) is 24.5 Å². The standard InChI is InChI=1S/C20H19F3N4O2/c1-12(2)18(29)25-14-9-7-13(8-10-14)24-17(28)11-27-16-6-4-3-5-15(16)26-19(27)20(21,22)23/h3-10,12H,11H2,1-2H3,(H,24,28)(H,25,29). The second kappa shape index (κ2) is 7.94. The fourth-order valence-electron chi connectivity index (χ4n) is 2.72. The Balaban J connectivity index is 1.75. The highest BCUT2D eigenvalue weighted by Gasteiger charge is 2.38. The molecule has 29 heavy (non-hydrogen) atoms. The van der Waals surface area contributed by atoms with Crippen LogP contribution in [0.25, 0.3) is 11.0 Å². The Kier molecular flexibility index (Phi) is 5.58. The number of rotatable bonds is 5. The topological polar surface area (TPSA) is 76.0 Å². The van der Waals surface area contributed by atoms with Crippen molar-refractivity contribution in [1.29, 1.82) is 0 Å². The van der Waals surface area contributed by atoms with E-state index in [-0.39, 0.29) is 22.9 Å². The van der Waals surface area contributed by atoms with Crippen molar-refractivity contribution in [2.75, 3.05) is 10.6 Å². The number of alkyl halides is 3. The first-order valence-corrected chi connectivity index (χ1v) is 8.88. The minimum absolute atomic E-state index is 0.145. The van der Waals surface area contributed by atoms with Crippen LogP contribution in [0.2, 0.25) is 0 Å². The molecule has 9 heteroatoms. The Morgan fingerprint density at radius 1 is 1.00 bits per heavy atom. The lowest BCUT2D eigenvalue weighted by atomic mass is 10.2. The van der Waals surface area contributed by atoms with Gasteiger partial charge in [0.15, 0.2) is 0 Å². The Labute approximate surface area is 164 Å². The van der Waals surface area contributed by atoms with Crippen molar-refractivity contribution >= 4 is 34.2 Å². The maximum atomic E-state index is 13.3. The number of carbonyl (C=O) groups is 2. The summed E-state index contributed by atoms with van der Waals surface area (Å²) in [5, 5.41) is 5.27. The number of halogens is 3. The lowest BCUT2D eigenvalue weighted by Gasteiger charge is -2.12. The molecule has 0 unspecified atom stereocenters. The van der Waals surface area contributed by atoms with E-state index >= 15 is 0 Å². The zero-order valence-electron chi connectivity index (χ0n) is 15.7. The molecule has 3 aromatic rings. The molecule has 2 amide bonds. The van der Waals surface area contributed by atoms with E-state index in [9.17, 15) is 22.8 Å². The molecule has 0 fully saturated rings. The van der Waals surface area contributed by atoms with Crippen molar-refractivity contribution in [2.45, 2.75) is 26.6 Å². The molecule has 6 nitrogen and oxygen atoms in total. The molecule has 0 bridgehead atoms. The summed E-state index contributed by atoms with van der Waals surface area (Å²) in [7, 11) is 0. The molecule has 2 aromatic carbocycles. The number of carbonyl (C=O) groups excluding carboxylic acids is 2. The van der Waals surface area contributed by atoms with Gasteiger partial charge in [0.05, 0.1) is 11.0 Å². The van der Waals surface area contributed by atoms with Gasteiger partial charge in [-0.25, -0.2) is 4.98 Å². The van der Waals surface area contributed by atoms with Crippen molar-refractivity contribution in [3.63, 3.8) is 0 Å². The van der Waals surface area contributed by atoms with Crippen molar-refractivity contribution < 1.29 is 22.8 Å². The number of para-hydroxylation sites is 2. The number of anilines is 2. The molecular formula is C20H19F3N4O2. The third-order valence-electron chi connectivity index (χ3n) is 4.17. The largest absolute Gasteiger partial charge is 0.449 e. The average molecular weight is 404 g/mol. The van der Waals surface area contributed by atoms with Crippen molar-refractivity contribution in [2.24, 2.45) is 5.92 Å². The highest BCUT2D eigenvalue weighted by atomic mass is 19.4. The van der Waals surface area contributed by atoms with E-state index in [0.29, 0.717) is 11.4 Å². The summed E-state index contributed by atoms with van der Waals surface area (Å²) in [6.07, 6.45) is -4.68. The molecule has 0 aliphatic carbocycles. The van der Waals surface area contributed by atoms with E-state index in [2.05, 4.69) is 15.6 Å². The minimum atomic E-state index is -4.68. The van der Waals surface area contributed by atoms with E-state index in [4.69, 9.17) is 0 Å². The Morgan fingerprint density at radius 3 is 2.17 bits per heavy atom. The molecule has 2 N–H and O–H groups in total. The van der Waals surface area contributed by atoms with Gasteiger partial charge in [-0.1, -0.05) is 26.0 Å². The van der Waals surface area contributed by atoms with Gasteiger partial charge in [0.2, 0.25) is 17.6 Å². The van der Waals surface area contributed by atoms with Gasteiger partial charge in [0.25, 0.3) is 0 Å². The lowest BCUT2D eigenvalue weighted by Crippen LogP contribution is -2.23. The molecule has 0 spiro atoms. The molecule has 0 saturated heterocycles. The van der Waals surface area contributed by atoms with Crippen molar-refractivity contribution in [1.82, 2.24) is 9.55 Å². The highest BCUT2D eigenvalue weighted by molar-refractivity contribution is 5.94. The molecular weight excluding hydrogens is 385 g/mol. The monoisotopic (exact) mass is 404 g/mol. The van der Waals surface area contributed by atoms with Crippen LogP contribution < -0.4 is 10.6 Å². The molecule has 1 heterocycles. The Hall–Kier alpha value is -3.36. The average Bonchev–Trinajstić information content (AvgIpc) is 3.02. The van der Waals surface area contributed by atoms with E-state index < -0.39 is 24.5 Å². The van der Waals surface area contributed by atoms with Gasteiger partial charge < -0.3 is 15.2 Å². The van der Waals surface area contributed by atoms with Gasteiger partial charge in [0.1, 0.15) is 6.54 Å². The number of imidazole rings is 1. The third-order valence-corrected chi connectivity index (χ3v) is 4.17. The summed E-state index contributed by atoms with van der Waals surface area (Å²) in [4.78, 5) is 27.7. The third kappa shape index (κ3) is 4.74. The number of hydrogen-bond acceptors (Lipinski definition) is 3. The predicted molar refractivity (Wildman–Crippen MR) is 103 cm³/mol. The van der Waals surface area contributed by atoms with Crippen molar-refractivity contribution in [3.05, 3.63) is 54.4 Å². The van der Waals surface area contributed by atoms with Gasteiger partial charge in [0, 0.05) is 17.3 Å². The summed E-state index contributed by atoms with van der Waals surface area (Å²) in [5.41, 5.74) is 1.34. The first-order chi connectivity index (χ1) is 13.6. The van der Waals surface area contributed by atoms with Crippen LogP contribution >= 0.6 is 0 Å². The lowest BCUT2D eigenvalue weighted by molar-refractivity contribution is -0.147. The molecule has 152 valence electrons. The Bertz CT molecular complexity index is 1040. The number of amides is 2. The SMILES string of the molecule is CC(C)C(=O)Nc1ccc(NC(=O)Cn2c(C(F)(F)F)nc3ccccc32)cc1. The first-order valence-electron chi connectivity index (χ1n) is 8.88. The second-order valence-electron chi connectivity index (χ2n) is 6.78. The molecule has 0 atom stereocenters. The van der Waals surface area contributed by atoms with Crippen LogP contribution in [0.5, 0.6) is 0 Å². The maximum Gasteiger partial charge on any atom is 0.449 e. The zero-order chi connectivity index (χ0) is 21.2. The fraction of sp³-hybridized carbons (Fsp3) is 0.250. The van der Waals surface area contributed by atoms with Crippen molar-refractivity contribution in [3.8, 4) is 0 Å². The fourth-order valence-corrected chi connectivity index (χ4v) is 2.72. The molecule has 1 aromatic heterocycles. The summed E-state index contributed by atoms with van der Waals surface area (Å²) in [6.45, 7) is 2.99. The minimum Gasteiger partial charge on any atom is -0.326 e. The van der Waals surface area contributed by atoms with Gasteiger partial charge in [-0.2, -0.15) is 13.2 Å². The zero-order valence-corrected chi connectivity index (χ0v) is 15.7. The molecule has 0 aliphatic rings. The van der Waals surface area contributed by atoms with Gasteiger partial charge in [-0.15, -0.1) is 0 Å². The van der Waals surface area contributed by atoms with Gasteiger partial charge in [-0.05, 0) is 36.4 Å². The molecule has 0 aliphatic heterocycles. The first kappa shape index (κ1) is 20.4. The number of nitrogens with zero attached hydrogens (tertiary/aromatic N) is 2. The number of nitrogens with one attached hydrogen (secondary N) is 2. The van der Waals surface area contributed by atoms with Gasteiger partial charge >= 0.3 is 6.18 Å². The summed E-state index contributed by atoms with van der Waals surface area (Å²) in [6, 6.07) is 12.4. The summed E-state index contributed by atoms with van der Waals surface area (Å²) in [5.74, 6) is -2.08. The number of fused-ring (bicyclic) bond motifs is 1. The number of aromatic nitrogens is 2. The molecule has 3 rings (SSSR count). The van der Waals surface area contributed by atoms with Crippen LogP contribution in [0.3, 0.4) is 0 Å². The summed E-state index contributed by atoms with van der Waals surface area (Å²) < 4.78 is 40.8. The van der Waals surface area contributed by atoms with Crippen LogP contribution in [0, 0.1) is 5.92 Å². The second-order valence-corrected chi connectivity index (χ2v) is 6.78. The Morgan fingerprint density at radius 2 is 1.59 bits per heavy atom. The molecule has 0 saturated carbocycles. The number of benzene rings is 2. The quantitative estimate of drug-likeness (QED) is 0.666. The van der Waals surface area contributed by atoms with E-state index in [1.54, 1.807) is 50.2 Å². The smallest absolute Gasteiger partial charge is 0.326 e. The van der Waals surface area contributed by atoms with Crippen LogP contribution in [-0.4, -0.2) is 21.4 Å². The molecule has 0 radical (unpaired) electrons. The summed E-state index contributed by atoms with van der Waals surface area (Å²) >= 11 is 0.